The summed E-state index contributed by atoms with van der Waals surface area (Å²) in [6.45, 7) is 1.59. The van der Waals surface area contributed by atoms with E-state index in [0.717, 1.165) is 5.56 Å². The first kappa shape index (κ1) is 12.3. The van der Waals surface area contributed by atoms with Gasteiger partial charge in [0.05, 0.1) is 12.4 Å². The Balaban J connectivity index is 2.81. The fraction of sp³-hybridized carbons (Fsp3) is 0.400. The highest BCUT2D eigenvalue weighted by molar-refractivity contribution is 8.14. The van der Waals surface area contributed by atoms with Gasteiger partial charge in [-0.15, -0.1) is 0 Å². The van der Waals surface area contributed by atoms with Crippen molar-refractivity contribution >= 4 is 19.7 Å². The van der Waals surface area contributed by atoms with Crippen LogP contribution in [0.4, 0.5) is 0 Å². The van der Waals surface area contributed by atoms with Crippen molar-refractivity contribution in [3.63, 3.8) is 0 Å². The van der Waals surface area contributed by atoms with Gasteiger partial charge in [-0.2, -0.15) is 0 Å². The first-order valence-corrected chi connectivity index (χ1v) is 6.87. The van der Waals surface area contributed by atoms with E-state index in [1.807, 2.05) is 18.2 Å². The summed E-state index contributed by atoms with van der Waals surface area (Å²) in [4.78, 5) is 0. The van der Waals surface area contributed by atoms with E-state index >= 15 is 0 Å². The predicted molar refractivity (Wildman–Crippen MR) is 60.9 cm³/mol. The van der Waals surface area contributed by atoms with Crippen LogP contribution in [0.3, 0.4) is 0 Å². The zero-order valence-corrected chi connectivity index (χ0v) is 10.2. The lowest BCUT2D eigenvalue weighted by atomic mass is 10.1. The van der Waals surface area contributed by atoms with Gasteiger partial charge in [-0.05, 0) is 31.0 Å². The van der Waals surface area contributed by atoms with Crippen molar-refractivity contribution in [3.8, 4) is 5.75 Å². The molecule has 0 aliphatic rings. The molecule has 1 unspecified atom stereocenters. The van der Waals surface area contributed by atoms with Gasteiger partial charge in [0.25, 0.3) is 0 Å². The van der Waals surface area contributed by atoms with Crippen molar-refractivity contribution in [1.29, 1.82) is 0 Å². The maximum Gasteiger partial charge on any atom is 0.235 e. The first-order valence-electron chi connectivity index (χ1n) is 4.50. The SMILES string of the molecule is COc1cccc(CC(C)S(=O)(=O)Cl)c1. The van der Waals surface area contributed by atoms with Gasteiger partial charge in [0.1, 0.15) is 5.75 Å². The van der Waals surface area contributed by atoms with Crippen molar-refractivity contribution < 1.29 is 13.2 Å². The average molecular weight is 249 g/mol. The molecule has 1 aromatic carbocycles. The molecule has 0 amide bonds. The molecule has 0 radical (unpaired) electrons. The molecule has 15 heavy (non-hydrogen) atoms. The fourth-order valence-corrected chi connectivity index (χ4v) is 1.81. The molecule has 0 aromatic heterocycles. The van der Waals surface area contributed by atoms with Crippen LogP contribution < -0.4 is 4.74 Å². The molecule has 1 rings (SSSR count). The Morgan fingerprint density at radius 1 is 1.47 bits per heavy atom. The second kappa shape index (κ2) is 4.86. The normalized spacial score (nSPS) is 13.5. The van der Waals surface area contributed by atoms with Gasteiger partial charge in [0.2, 0.25) is 9.05 Å². The summed E-state index contributed by atoms with van der Waals surface area (Å²) in [6.07, 6.45) is 0.392. The molecular formula is C10H13ClO3S. The van der Waals surface area contributed by atoms with Crippen molar-refractivity contribution in [3.05, 3.63) is 29.8 Å². The third kappa shape index (κ3) is 3.72. The Bertz CT molecular complexity index is 428. The second-order valence-corrected chi connectivity index (χ2v) is 6.39. The Hall–Kier alpha value is -0.740. The zero-order chi connectivity index (χ0) is 11.5. The minimum Gasteiger partial charge on any atom is -0.497 e. The van der Waals surface area contributed by atoms with E-state index in [2.05, 4.69) is 0 Å². The molecule has 0 saturated heterocycles. The smallest absolute Gasteiger partial charge is 0.235 e. The molecule has 0 aliphatic carbocycles. The quantitative estimate of drug-likeness (QED) is 0.768. The molecule has 1 atom stereocenters. The number of benzene rings is 1. The molecule has 0 fully saturated rings. The summed E-state index contributed by atoms with van der Waals surface area (Å²) in [5, 5.41) is -0.591. The topological polar surface area (TPSA) is 43.4 Å². The molecule has 5 heteroatoms. The summed E-state index contributed by atoms with van der Waals surface area (Å²) in [5.74, 6) is 0.715. The highest BCUT2D eigenvalue weighted by atomic mass is 35.7. The number of methoxy groups -OCH3 is 1. The summed E-state index contributed by atoms with van der Waals surface area (Å²) >= 11 is 0. The highest BCUT2D eigenvalue weighted by Crippen LogP contribution is 2.17. The van der Waals surface area contributed by atoms with Crippen LogP contribution in [0.5, 0.6) is 5.75 Å². The highest BCUT2D eigenvalue weighted by Gasteiger charge is 2.17. The maximum atomic E-state index is 11.0. The van der Waals surface area contributed by atoms with E-state index in [1.165, 1.54) is 0 Å². The van der Waals surface area contributed by atoms with Gasteiger partial charge in [-0.25, -0.2) is 8.42 Å². The monoisotopic (exact) mass is 248 g/mol. The van der Waals surface area contributed by atoms with E-state index < -0.39 is 14.3 Å². The van der Waals surface area contributed by atoms with Crippen LogP contribution in [0.25, 0.3) is 0 Å². The van der Waals surface area contributed by atoms with Crippen LogP contribution in [0, 0.1) is 0 Å². The Labute approximate surface area is 94.4 Å². The predicted octanol–water partition coefficient (Wildman–Crippen LogP) is 2.19. The molecule has 0 heterocycles. The molecular weight excluding hydrogens is 236 g/mol. The lowest BCUT2D eigenvalue weighted by molar-refractivity contribution is 0.414. The minimum absolute atomic E-state index is 0.392. The minimum atomic E-state index is -3.49. The first-order chi connectivity index (χ1) is 6.93. The van der Waals surface area contributed by atoms with E-state index in [4.69, 9.17) is 15.4 Å². The van der Waals surface area contributed by atoms with Crippen LogP contribution in [0.15, 0.2) is 24.3 Å². The van der Waals surface area contributed by atoms with Gasteiger partial charge in [0, 0.05) is 10.7 Å². The van der Waals surface area contributed by atoms with Crippen LogP contribution in [-0.4, -0.2) is 20.8 Å². The summed E-state index contributed by atoms with van der Waals surface area (Å²) in [7, 11) is 3.33. The lowest BCUT2D eigenvalue weighted by Crippen LogP contribution is -2.14. The molecule has 0 N–H and O–H groups in total. The number of hydrogen-bond donors (Lipinski definition) is 0. The van der Waals surface area contributed by atoms with Gasteiger partial charge in [-0.1, -0.05) is 12.1 Å². The summed E-state index contributed by atoms with van der Waals surface area (Å²) in [6, 6.07) is 7.28. The largest absolute Gasteiger partial charge is 0.497 e. The van der Waals surface area contributed by atoms with Gasteiger partial charge >= 0.3 is 0 Å². The van der Waals surface area contributed by atoms with Crippen LogP contribution >= 0.6 is 10.7 Å². The Morgan fingerprint density at radius 2 is 2.13 bits per heavy atom. The van der Waals surface area contributed by atoms with Gasteiger partial charge in [-0.3, -0.25) is 0 Å². The number of ether oxygens (including phenoxy) is 1. The van der Waals surface area contributed by atoms with Gasteiger partial charge in [0.15, 0.2) is 0 Å². The van der Waals surface area contributed by atoms with E-state index in [-0.39, 0.29) is 0 Å². The van der Waals surface area contributed by atoms with Crippen LogP contribution in [0.1, 0.15) is 12.5 Å². The molecule has 0 bridgehead atoms. The summed E-state index contributed by atoms with van der Waals surface area (Å²) < 4.78 is 27.1. The molecule has 0 spiro atoms. The van der Waals surface area contributed by atoms with Crippen molar-refractivity contribution in [1.82, 2.24) is 0 Å². The Morgan fingerprint density at radius 3 is 2.67 bits per heavy atom. The number of rotatable bonds is 4. The third-order valence-corrected chi connectivity index (χ3v) is 4.18. The van der Waals surface area contributed by atoms with Crippen molar-refractivity contribution in [2.45, 2.75) is 18.6 Å². The number of hydrogen-bond acceptors (Lipinski definition) is 3. The summed E-state index contributed by atoms with van der Waals surface area (Å²) in [5.41, 5.74) is 0.895. The second-order valence-electron chi connectivity index (χ2n) is 3.34. The van der Waals surface area contributed by atoms with E-state index in [0.29, 0.717) is 12.2 Å². The van der Waals surface area contributed by atoms with E-state index in [1.54, 1.807) is 20.1 Å². The molecule has 0 aliphatic heterocycles. The molecule has 1 aromatic rings. The molecule has 3 nitrogen and oxygen atoms in total. The lowest BCUT2D eigenvalue weighted by Gasteiger charge is -2.08. The van der Waals surface area contributed by atoms with Crippen LogP contribution in [0.2, 0.25) is 0 Å². The van der Waals surface area contributed by atoms with Crippen molar-refractivity contribution in [2.75, 3.05) is 7.11 Å². The molecule has 84 valence electrons. The van der Waals surface area contributed by atoms with Gasteiger partial charge < -0.3 is 4.74 Å². The van der Waals surface area contributed by atoms with Crippen LogP contribution in [-0.2, 0) is 15.5 Å². The fourth-order valence-electron chi connectivity index (χ4n) is 1.23. The zero-order valence-electron chi connectivity index (χ0n) is 8.60. The third-order valence-electron chi connectivity index (χ3n) is 2.14. The standard InChI is InChI=1S/C10H13ClO3S/c1-8(15(11,12)13)6-9-4-3-5-10(7-9)14-2/h3-5,7-8H,6H2,1-2H3. The average Bonchev–Trinajstić information content (AvgIpc) is 2.16. The van der Waals surface area contributed by atoms with E-state index in [9.17, 15) is 8.42 Å². The van der Waals surface area contributed by atoms with Crippen molar-refractivity contribution in [2.24, 2.45) is 0 Å². The number of halogens is 1. The maximum absolute atomic E-state index is 11.0. The Kier molecular flexibility index (Phi) is 3.99. The molecule has 0 saturated carbocycles.